The van der Waals surface area contributed by atoms with E-state index >= 15 is 0 Å². The number of rotatable bonds is 3. The van der Waals surface area contributed by atoms with Gasteiger partial charge in [0.2, 0.25) is 5.88 Å². The molecule has 1 aromatic heterocycles. The summed E-state index contributed by atoms with van der Waals surface area (Å²) in [7, 11) is 0. The minimum Gasteiger partial charge on any atom is -0.507 e. The van der Waals surface area contributed by atoms with E-state index in [4.69, 9.17) is 14.9 Å². The van der Waals surface area contributed by atoms with E-state index in [-0.39, 0.29) is 17.2 Å². The Balaban J connectivity index is 1.61. The third kappa shape index (κ3) is 3.18. The molecule has 0 radical (unpaired) electrons. The van der Waals surface area contributed by atoms with Crippen LogP contribution in [-0.4, -0.2) is 11.3 Å². The molecule has 0 spiro atoms. The van der Waals surface area contributed by atoms with Gasteiger partial charge in [-0.3, -0.25) is 4.99 Å². The minimum absolute atomic E-state index is 0.00543. The first-order valence-electron chi connectivity index (χ1n) is 9.65. The summed E-state index contributed by atoms with van der Waals surface area (Å²) in [5.41, 5.74) is 8.16. The number of phenols is 1. The summed E-state index contributed by atoms with van der Waals surface area (Å²) < 4.78 is 11.2. The molecule has 0 bridgehead atoms. The van der Waals surface area contributed by atoms with Crippen molar-refractivity contribution >= 4 is 22.7 Å². The molecule has 4 aromatic rings. The number of nitrogens with zero attached hydrogens (tertiary/aromatic N) is 2. The van der Waals surface area contributed by atoms with Gasteiger partial charge in [0.25, 0.3) is 0 Å². The van der Waals surface area contributed by atoms with Gasteiger partial charge in [0, 0.05) is 28.8 Å². The first-order valence-corrected chi connectivity index (χ1v) is 9.65. The Kier molecular flexibility index (Phi) is 4.42. The number of aromatic hydroxyl groups is 1. The Bertz CT molecular complexity index is 1390. The van der Waals surface area contributed by atoms with E-state index in [1.54, 1.807) is 30.7 Å². The van der Waals surface area contributed by atoms with Crippen molar-refractivity contribution in [3.05, 3.63) is 101 Å². The zero-order chi connectivity index (χ0) is 21.4. The van der Waals surface area contributed by atoms with Crippen molar-refractivity contribution in [2.24, 2.45) is 10.7 Å². The molecule has 0 saturated carbocycles. The van der Waals surface area contributed by atoms with Gasteiger partial charge >= 0.3 is 0 Å². The predicted octanol–water partition coefficient (Wildman–Crippen LogP) is 5.11. The van der Waals surface area contributed by atoms with Crippen molar-refractivity contribution in [1.29, 1.82) is 5.26 Å². The molecule has 6 heteroatoms. The van der Waals surface area contributed by atoms with Crippen molar-refractivity contribution in [2.75, 3.05) is 0 Å². The van der Waals surface area contributed by atoms with Gasteiger partial charge in [-0.1, -0.05) is 36.4 Å². The van der Waals surface area contributed by atoms with Gasteiger partial charge in [-0.05, 0) is 29.7 Å². The Morgan fingerprint density at radius 1 is 1.06 bits per heavy atom. The number of hydrogen-bond acceptors (Lipinski definition) is 6. The third-order valence-electron chi connectivity index (χ3n) is 5.30. The summed E-state index contributed by atoms with van der Waals surface area (Å²) in [5, 5.41) is 22.3. The number of allylic oxidation sites excluding steroid dienone is 1. The second kappa shape index (κ2) is 7.39. The molecule has 1 aliphatic rings. The SMILES string of the molecule is N#CC1=C(N)Oc2cc(O)c(C=Nc3cccc4ccccc34)cc2[C@@H]1c1ccco1. The standard InChI is InChI=1S/C25H17N3O3/c26-13-19-24(22-9-4-10-30-22)18-11-16(21(29)12-23(18)31-25(19)27)14-28-20-8-3-6-15-5-1-2-7-17(15)20/h1-12,14,24,29H,27H2/t24-/m0/s1. The zero-order valence-electron chi connectivity index (χ0n) is 16.3. The van der Waals surface area contributed by atoms with Crippen LogP contribution in [-0.2, 0) is 0 Å². The molecular formula is C25H17N3O3. The number of fused-ring (bicyclic) bond motifs is 2. The molecule has 150 valence electrons. The molecule has 0 amide bonds. The Labute approximate surface area is 178 Å². The van der Waals surface area contributed by atoms with Crippen molar-refractivity contribution < 1.29 is 14.3 Å². The van der Waals surface area contributed by atoms with Gasteiger partial charge in [-0.15, -0.1) is 0 Å². The third-order valence-corrected chi connectivity index (χ3v) is 5.30. The average molecular weight is 407 g/mol. The maximum absolute atomic E-state index is 10.6. The van der Waals surface area contributed by atoms with Crippen molar-refractivity contribution in [1.82, 2.24) is 0 Å². The highest BCUT2D eigenvalue weighted by atomic mass is 16.5. The summed E-state index contributed by atoms with van der Waals surface area (Å²) in [4.78, 5) is 4.61. The van der Waals surface area contributed by atoms with Gasteiger partial charge < -0.3 is 20.0 Å². The Morgan fingerprint density at radius 2 is 1.90 bits per heavy atom. The Hall–Kier alpha value is -4.50. The average Bonchev–Trinajstić information content (AvgIpc) is 3.31. The van der Waals surface area contributed by atoms with E-state index in [2.05, 4.69) is 11.1 Å². The topological polar surface area (TPSA) is 105 Å². The number of ether oxygens (including phenoxy) is 1. The number of phenolic OH excluding ortho intramolecular Hbond substituents is 1. The summed E-state index contributed by atoms with van der Waals surface area (Å²) in [5.74, 6) is 0.389. The lowest BCUT2D eigenvalue weighted by Crippen LogP contribution is -2.21. The van der Waals surface area contributed by atoms with Gasteiger partial charge in [0.1, 0.15) is 28.9 Å². The molecule has 1 atom stereocenters. The molecule has 1 aliphatic heterocycles. The fourth-order valence-corrected chi connectivity index (χ4v) is 3.82. The van der Waals surface area contributed by atoms with Crippen LogP contribution in [0.3, 0.4) is 0 Å². The van der Waals surface area contributed by atoms with E-state index in [1.165, 1.54) is 6.07 Å². The van der Waals surface area contributed by atoms with Gasteiger partial charge in [0.15, 0.2) is 0 Å². The van der Waals surface area contributed by atoms with Crippen LogP contribution in [0.4, 0.5) is 5.69 Å². The van der Waals surface area contributed by atoms with E-state index in [0.717, 1.165) is 16.5 Å². The van der Waals surface area contributed by atoms with Crippen LogP contribution >= 0.6 is 0 Å². The summed E-state index contributed by atoms with van der Waals surface area (Å²) in [6.45, 7) is 0. The lowest BCUT2D eigenvalue weighted by molar-refractivity contribution is 0.379. The summed E-state index contributed by atoms with van der Waals surface area (Å²) in [6.07, 6.45) is 3.14. The van der Waals surface area contributed by atoms with Crippen molar-refractivity contribution in [3.63, 3.8) is 0 Å². The fourth-order valence-electron chi connectivity index (χ4n) is 3.82. The first kappa shape index (κ1) is 18.5. The molecule has 0 unspecified atom stereocenters. The van der Waals surface area contributed by atoms with Crippen LogP contribution in [0.25, 0.3) is 10.8 Å². The number of hydrogen-bond donors (Lipinski definition) is 2. The van der Waals surface area contributed by atoms with E-state index < -0.39 is 5.92 Å². The number of nitrogens with two attached hydrogens (primary N) is 1. The van der Waals surface area contributed by atoms with Crippen LogP contribution in [0, 0.1) is 11.3 Å². The predicted molar refractivity (Wildman–Crippen MR) is 117 cm³/mol. The summed E-state index contributed by atoms with van der Waals surface area (Å²) in [6, 6.07) is 22.7. The normalized spacial score (nSPS) is 15.6. The van der Waals surface area contributed by atoms with Crippen LogP contribution in [0.5, 0.6) is 11.5 Å². The molecule has 6 nitrogen and oxygen atoms in total. The molecular weight excluding hydrogens is 390 g/mol. The maximum Gasteiger partial charge on any atom is 0.205 e. The molecule has 31 heavy (non-hydrogen) atoms. The smallest absolute Gasteiger partial charge is 0.205 e. The first-order chi connectivity index (χ1) is 15.2. The molecule has 0 aliphatic carbocycles. The molecule has 3 N–H and O–H groups in total. The maximum atomic E-state index is 10.6. The molecule has 0 fully saturated rings. The molecule has 2 heterocycles. The highest BCUT2D eigenvalue weighted by Crippen LogP contribution is 2.44. The second-order valence-corrected chi connectivity index (χ2v) is 7.15. The summed E-state index contributed by atoms with van der Waals surface area (Å²) >= 11 is 0. The number of furan rings is 1. The van der Waals surface area contributed by atoms with Crippen LogP contribution < -0.4 is 10.5 Å². The lowest BCUT2D eigenvalue weighted by atomic mass is 9.86. The van der Waals surface area contributed by atoms with Gasteiger partial charge in [0.05, 0.1) is 17.9 Å². The lowest BCUT2D eigenvalue weighted by Gasteiger charge is -2.25. The zero-order valence-corrected chi connectivity index (χ0v) is 16.3. The fraction of sp³-hybridized carbons (Fsp3) is 0.0400. The quantitative estimate of drug-likeness (QED) is 0.459. The Morgan fingerprint density at radius 3 is 2.71 bits per heavy atom. The van der Waals surface area contributed by atoms with Crippen molar-refractivity contribution in [3.8, 4) is 17.6 Å². The number of aliphatic imine (C=N–C) groups is 1. The highest BCUT2D eigenvalue weighted by molar-refractivity contribution is 5.96. The molecule has 0 saturated heterocycles. The van der Waals surface area contributed by atoms with E-state index in [9.17, 15) is 10.4 Å². The van der Waals surface area contributed by atoms with Crippen LogP contribution in [0.1, 0.15) is 22.8 Å². The van der Waals surface area contributed by atoms with Gasteiger partial charge in [-0.25, -0.2) is 0 Å². The molecule has 5 rings (SSSR count). The molecule has 3 aromatic carbocycles. The largest absolute Gasteiger partial charge is 0.507 e. The van der Waals surface area contributed by atoms with Gasteiger partial charge in [-0.2, -0.15) is 5.26 Å². The van der Waals surface area contributed by atoms with Crippen molar-refractivity contribution in [2.45, 2.75) is 5.92 Å². The highest BCUT2D eigenvalue weighted by Gasteiger charge is 2.33. The van der Waals surface area contributed by atoms with Crippen LogP contribution in [0.15, 0.2) is 93.9 Å². The minimum atomic E-state index is -0.533. The number of nitriles is 1. The monoisotopic (exact) mass is 407 g/mol. The number of benzene rings is 3. The second-order valence-electron chi connectivity index (χ2n) is 7.15. The van der Waals surface area contributed by atoms with Crippen LogP contribution in [0.2, 0.25) is 0 Å². The van der Waals surface area contributed by atoms with E-state index in [0.29, 0.717) is 22.6 Å². The van der Waals surface area contributed by atoms with E-state index in [1.807, 2.05) is 42.5 Å².